The van der Waals surface area contributed by atoms with Gasteiger partial charge in [-0.25, -0.2) is 17.9 Å². The Hall–Kier alpha value is -2.38. The highest BCUT2D eigenvalue weighted by Gasteiger charge is 2.58. The Morgan fingerprint density at radius 3 is 2.43 bits per heavy atom. The SMILES string of the molecule is CCCNS(=O)(=O)c1ccc(NC(=O)N2CC3CC2(c2ccccc2)C3)cc1. The van der Waals surface area contributed by atoms with Gasteiger partial charge in [0, 0.05) is 18.8 Å². The topological polar surface area (TPSA) is 78.5 Å². The number of anilines is 1. The fourth-order valence-corrected chi connectivity index (χ4v) is 5.46. The van der Waals surface area contributed by atoms with Gasteiger partial charge < -0.3 is 10.2 Å². The number of carbonyl (C=O) groups is 1. The van der Waals surface area contributed by atoms with Crippen molar-refractivity contribution in [3.05, 3.63) is 60.2 Å². The van der Waals surface area contributed by atoms with Crippen LogP contribution in [0.4, 0.5) is 10.5 Å². The van der Waals surface area contributed by atoms with Gasteiger partial charge in [-0.15, -0.1) is 0 Å². The molecule has 2 aromatic rings. The van der Waals surface area contributed by atoms with E-state index in [4.69, 9.17) is 0 Å². The molecule has 3 aliphatic rings. The Kier molecular flexibility index (Phi) is 4.89. The van der Waals surface area contributed by atoms with Gasteiger partial charge in [0.2, 0.25) is 10.0 Å². The summed E-state index contributed by atoms with van der Waals surface area (Å²) < 4.78 is 26.9. The van der Waals surface area contributed by atoms with E-state index in [9.17, 15) is 13.2 Å². The van der Waals surface area contributed by atoms with Crippen molar-refractivity contribution in [3.63, 3.8) is 0 Å². The van der Waals surface area contributed by atoms with Crippen molar-refractivity contribution in [2.24, 2.45) is 5.92 Å². The number of amides is 2. The van der Waals surface area contributed by atoms with Crippen LogP contribution in [-0.2, 0) is 15.6 Å². The first-order valence-electron chi connectivity index (χ1n) is 9.68. The van der Waals surface area contributed by atoms with Crippen LogP contribution in [-0.4, -0.2) is 32.4 Å². The normalized spacial score (nSPS) is 23.3. The van der Waals surface area contributed by atoms with Crippen LogP contribution in [0.5, 0.6) is 0 Å². The first-order chi connectivity index (χ1) is 13.4. The summed E-state index contributed by atoms with van der Waals surface area (Å²) in [5.74, 6) is 0.558. The predicted octanol–water partition coefficient (Wildman–Crippen LogP) is 3.53. The Bertz CT molecular complexity index is 952. The molecule has 2 aliphatic heterocycles. The van der Waals surface area contributed by atoms with E-state index in [-0.39, 0.29) is 16.5 Å². The molecule has 1 saturated carbocycles. The zero-order valence-electron chi connectivity index (χ0n) is 15.9. The minimum atomic E-state index is -3.50. The number of carbonyl (C=O) groups excluding carboxylic acids is 1. The van der Waals surface area contributed by atoms with Crippen LogP contribution in [0.2, 0.25) is 0 Å². The van der Waals surface area contributed by atoms with Crippen molar-refractivity contribution in [1.82, 2.24) is 9.62 Å². The van der Waals surface area contributed by atoms with E-state index in [2.05, 4.69) is 22.2 Å². The largest absolute Gasteiger partial charge is 0.322 e. The first-order valence-corrected chi connectivity index (χ1v) is 11.2. The lowest BCUT2D eigenvalue weighted by molar-refractivity contribution is 0.129. The Labute approximate surface area is 166 Å². The Balaban J connectivity index is 1.47. The minimum absolute atomic E-state index is 0.136. The molecule has 2 bridgehead atoms. The number of hydrogen-bond acceptors (Lipinski definition) is 3. The lowest BCUT2D eigenvalue weighted by atomic mass is 9.69. The number of urea groups is 1. The summed E-state index contributed by atoms with van der Waals surface area (Å²) in [6.45, 7) is 3.07. The molecule has 5 rings (SSSR count). The van der Waals surface area contributed by atoms with Crippen molar-refractivity contribution >= 4 is 21.7 Å². The van der Waals surface area contributed by atoms with Crippen molar-refractivity contribution in [2.75, 3.05) is 18.4 Å². The molecule has 3 fully saturated rings. The van der Waals surface area contributed by atoms with Gasteiger partial charge in [0.15, 0.2) is 0 Å². The quantitative estimate of drug-likeness (QED) is 0.780. The Morgan fingerprint density at radius 2 is 1.79 bits per heavy atom. The number of nitrogens with one attached hydrogen (secondary N) is 2. The van der Waals surface area contributed by atoms with E-state index in [0.717, 1.165) is 25.8 Å². The van der Waals surface area contributed by atoms with Crippen molar-refractivity contribution in [1.29, 1.82) is 0 Å². The van der Waals surface area contributed by atoms with E-state index in [1.165, 1.54) is 17.7 Å². The van der Waals surface area contributed by atoms with Gasteiger partial charge in [-0.1, -0.05) is 37.3 Å². The summed E-state index contributed by atoms with van der Waals surface area (Å²) >= 11 is 0. The molecular weight excluding hydrogens is 374 g/mol. The third kappa shape index (κ3) is 3.29. The molecule has 0 radical (unpaired) electrons. The van der Waals surface area contributed by atoms with E-state index >= 15 is 0 Å². The minimum Gasteiger partial charge on any atom is -0.314 e. The average molecular weight is 400 g/mol. The van der Waals surface area contributed by atoms with Crippen molar-refractivity contribution in [2.45, 2.75) is 36.6 Å². The highest BCUT2D eigenvalue weighted by Crippen LogP contribution is 2.57. The molecule has 0 unspecified atom stereocenters. The summed E-state index contributed by atoms with van der Waals surface area (Å²) in [7, 11) is -3.50. The van der Waals surface area contributed by atoms with Crippen LogP contribution in [0.15, 0.2) is 59.5 Å². The molecule has 0 spiro atoms. The number of fused-ring (bicyclic) bond motifs is 1. The molecular formula is C21H25N3O3S. The van der Waals surface area contributed by atoms with Crippen LogP contribution in [0.3, 0.4) is 0 Å². The fourth-order valence-electron chi connectivity index (χ4n) is 4.32. The summed E-state index contributed by atoms with van der Waals surface area (Å²) in [6, 6.07) is 16.4. The second-order valence-electron chi connectivity index (χ2n) is 7.63. The summed E-state index contributed by atoms with van der Waals surface area (Å²) in [5.41, 5.74) is 1.57. The van der Waals surface area contributed by atoms with Gasteiger partial charge >= 0.3 is 6.03 Å². The highest BCUT2D eigenvalue weighted by molar-refractivity contribution is 7.89. The monoisotopic (exact) mass is 399 g/mol. The van der Waals surface area contributed by atoms with Crippen LogP contribution in [0.25, 0.3) is 0 Å². The van der Waals surface area contributed by atoms with Gasteiger partial charge in [-0.05, 0) is 55.0 Å². The molecule has 28 heavy (non-hydrogen) atoms. The van der Waals surface area contributed by atoms with Gasteiger partial charge in [0.1, 0.15) is 0 Å². The first kappa shape index (κ1) is 19.0. The Morgan fingerprint density at radius 1 is 1.11 bits per heavy atom. The lowest BCUT2D eigenvalue weighted by Gasteiger charge is -2.42. The molecule has 2 aromatic carbocycles. The van der Waals surface area contributed by atoms with Crippen molar-refractivity contribution in [3.8, 4) is 0 Å². The van der Waals surface area contributed by atoms with Crippen molar-refractivity contribution < 1.29 is 13.2 Å². The molecule has 6 nitrogen and oxygen atoms in total. The standard InChI is InChI=1S/C21H25N3O3S/c1-2-12-22-28(26,27)19-10-8-18(9-11-19)23-20(25)24-15-16-13-21(24,14-16)17-6-4-3-5-7-17/h3-11,16,22H,2,12-15H2,1H3,(H,23,25). The fraction of sp³-hybridized carbons (Fsp3) is 0.381. The third-order valence-electron chi connectivity index (χ3n) is 5.72. The molecule has 0 aromatic heterocycles. The summed E-state index contributed by atoms with van der Waals surface area (Å²) in [5, 5.41) is 2.93. The van der Waals surface area contributed by atoms with E-state index in [0.29, 0.717) is 18.2 Å². The zero-order valence-corrected chi connectivity index (χ0v) is 16.7. The summed E-state index contributed by atoms with van der Waals surface area (Å²) in [6.07, 6.45) is 2.74. The molecule has 1 aliphatic carbocycles. The van der Waals surface area contributed by atoms with Gasteiger partial charge in [0.25, 0.3) is 0 Å². The highest BCUT2D eigenvalue weighted by atomic mass is 32.2. The van der Waals surface area contributed by atoms with Gasteiger partial charge in [0.05, 0.1) is 10.4 Å². The summed E-state index contributed by atoms with van der Waals surface area (Å²) in [4.78, 5) is 15.1. The third-order valence-corrected chi connectivity index (χ3v) is 7.20. The molecule has 7 heteroatoms. The number of rotatable bonds is 6. The van der Waals surface area contributed by atoms with Crippen LogP contribution >= 0.6 is 0 Å². The number of sulfonamides is 1. The zero-order chi connectivity index (χ0) is 19.8. The molecule has 2 N–H and O–H groups in total. The van der Waals surface area contributed by atoms with Gasteiger partial charge in [-0.2, -0.15) is 0 Å². The maximum Gasteiger partial charge on any atom is 0.322 e. The molecule has 2 saturated heterocycles. The molecule has 0 atom stereocenters. The second-order valence-corrected chi connectivity index (χ2v) is 9.40. The van der Waals surface area contributed by atoms with Crippen LogP contribution < -0.4 is 10.0 Å². The van der Waals surface area contributed by atoms with Crippen LogP contribution in [0.1, 0.15) is 31.7 Å². The number of benzene rings is 2. The lowest BCUT2D eigenvalue weighted by Crippen LogP contribution is -2.47. The number of hydrogen-bond donors (Lipinski definition) is 2. The molecule has 2 heterocycles. The maximum absolute atomic E-state index is 12.9. The predicted molar refractivity (Wildman–Crippen MR) is 108 cm³/mol. The van der Waals surface area contributed by atoms with Gasteiger partial charge in [-0.3, -0.25) is 0 Å². The number of nitrogens with zero attached hydrogens (tertiary/aromatic N) is 1. The second kappa shape index (κ2) is 7.22. The van der Waals surface area contributed by atoms with E-state index < -0.39 is 10.0 Å². The van der Waals surface area contributed by atoms with Crippen LogP contribution in [0, 0.1) is 5.92 Å². The smallest absolute Gasteiger partial charge is 0.314 e. The van der Waals surface area contributed by atoms with E-state index in [1.54, 1.807) is 12.1 Å². The maximum atomic E-state index is 12.9. The molecule has 2 amide bonds. The molecule has 148 valence electrons. The van der Waals surface area contributed by atoms with E-state index in [1.807, 2.05) is 30.0 Å². The average Bonchev–Trinajstić information content (AvgIpc) is 3.25.